The standard InChI is InChI=1S/C24H21N7O2/c1-33-21-8-3-2-7-19(21)20(14-25)28-24(32)17-5-4-6-18(13-17)27-15-22-29-23(31-30-22)16-9-11-26-12-10-16/h2-13,20,27H,15H2,1H3,(H,28,32)(H,29,30,31)/t20-/m1/s1. The molecule has 4 rings (SSSR count). The predicted molar refractivity (Wildman–Crippen MR) is 122 cm³/mol. The van der Waals surface area contributed by atoms with Crippen LogP contribution in [0.1, 0.15) is 27.8 Å². The first-order valence-corrected chi connectivity index (χ1v) is 10.2. The van der Waals surface area contributed by atoms with Gasteiger partial charge in [-0.05, 0) is 36.4 Å². The van der Waals surface area contributed by atoms with Crippen LogP contribution in [0.25, 0.3) is 11.4 Å². The van der Waals surface area contributed by atoms with Gasteiger partial charge in [-0.2, -0.15) is 10.4 Å². The van der Waals surface area contributed by atoms with Gasteiger partial charge in [0.1, 0.15) is 17.6 Å². The molecule has 2 aromatic heterocycles. The Labute approximate surface area is 190 Å². The number of ether oxygens (including phenoxy) is 1. The van der Waals surface area contributed by atoms with Gasteiger partial charge >= 0.3 is 0 Å². The lowest BCUT2D eigenvalue weighted by Gasteiger charge is -2.15. The van der Waals surface area contributed by atoms with E-state index < -0.39 is 6.04 Å². The number of aromatic amines is 1. The number of hydrogen-bond acceptors (Lipinski definition) is 7. The maximum atomic E-state index is 12.8. The molecule has 0 spiro atoms. The van der Waals surface area contributed by atoms with Crippen LogP contribution in [0.4, 0.5) is 5.69 Å². The number of rotatable bonds is 8. The van der Waals surface area contributed by atoms with E-state index in [-0.39, 0.29) is 5.91 Å². The van der Waals surface area contributed by atoms with Crippen LogP contribution in [0, 0.1) is 11.3 Å². The molecule has 1 amide bonds. The number of aromatic nitrogens is 4. The zero-order valence-electron chi connectivity index (χ0n) is 17.8. The Kier molecular flexibility index (Phi) is 6.56. The molecule has 0 fully saturated rings. The molecule has 0 radical (unpaired) electrons. The number of para-hydroxylation sites is 1. The van der Waals surface area contributed by atoms with Crippen molar-refractivity contribution in [3.63, 3.8) is 0 Å². The number of pyridine rings is 1. The predicted octanol–water partition coefficient (Wildman–Crippen LogP) is 3.48. The molecule has 2 heterocycles. The third kappa shape index (κ3) is 5.14. The number of benzene rings is 2. The average Bonchev–Trinajstić information content (AvgIpc) is 3.36. The molecule has 4 aromatic rings. The molecule has 164 valence electrons. The van der Waals surface area contributed by atoms with Crippen LogP contribution in [-0.2, 0) is 6.54 Å². The van der Waals surface area contributed by atoms with Crippen molar-refractivity contribution in [2.24, 2.45) is 0 Å². The molecule has 0 saturated carbocycles. The van der Waals surface area contributed by atoms with Gasteiger partial charge in [-0.15, -0.1) is 0 Å². The molecule has 33 heavy (non-hydrogen) atoms. The number of nitrogens with one attached hydrogen (secondary N) is 3. The summed E-state index contributed by atoms with van der Waals surface area (Å²) >= 11 is 0. The highest BCUT2D eigenvalue weighted by Crippen LogP contribution is 2.25. The molecule has 0 saturated heterocycles. The SMILES string of the molecule is COc1ccccc1[C@@H](C#N)NC(=O)c1cccc(NCc2nc(-c3ccncc3)n[nH]2)c1. The highest BCUT2D eigenvalue weighted by molar-refractivity contribution is 5.95. The van der Waals surface area contributed by atoms with Gasteiger partial charge in [-0.25, -0.2) is 4.98 Å². The van der Waals surface area contributed by atoms with Crippen LogP contribution >= 0.6 is 0 Å². The van der Waals surface area contributed by atoms with E-state index in [0.29, 0.717) is 35.1 Å². The molecule has 9 nitrogen and oxygen atoms in total. The Hall–Kier alpha value is -4.71. The second-order valence-electron chi connectivity index (χ2n) is 7.05. The van der Waals surface area contributed by atoms with Crippen molar-refractivity contribution in [1.82, 2.24) is 25.5 Å². The molecule has 0 aliphatic carbocycles. The summed E-state index contributed by atoms with van der Waals surface area (Å²) in [5, 5.41) is 22.7. The van der Waals surface area contributed by atoms with Gasteiger partial charge in [0, 0.05) is 34.8 Å². The molecule has 3 N–H and O–H groups in total. The third-order valence-corrected chi connectivity index (χ3v) is 4.91. The van der Waals surface area contributed by atoms with Crippen molar-refractivity contribution < 1.29 is 9.53 Å². The fourth-order valence-electron chi connectivity index (χ4n) is 3.26. The Morgan fingerprint density at radius 3 is 2.76 bits per heavy atom. The largest absolute Gasteiger partial charge is 0.496 e. The van der Waals surface area contributed by atoms with E-state index in [0.717, 1.165) is 11.3 Å². The van der Waals surface area contributed by atoms with Crippen molar-refractivity contribution in [1.29, 1.82) is 5.26 Å². The highest BCUT2D eigenvalue weighted by Gasteiger charge is 2.19. The van der Waals surface area contributed by atoms with Gasteiger partial charge in [-0.1, -0.05) is 24.3 Å². The van der Waals surface area contributed by atoms with Crippen LogP contribution in [0.15, 0.2) is 73.1 Å². The van der Waals surface area contributed by atoms with E-state index in [2.05, 4.69) is 36.9 Å². The van der Waals surface area contributed by atoms with Gasteiger partial charge in [0.2, 0.25) is 0 Å². The molecule has 0 aliphatic rings. The number of nitrogens with zero attached hydrogens (tertiary/aromatic N) is 4. The van der Waals surface area contributed by atoms with Gasteiger partial charge in [0.25, 0.3) is 5.91 Å². The van der Waals surface area contributed by atoms with Gasteiger partial charge in [-0.3, -0.25) is 14.9 Å². The summed E-state index contributed by atoms with van der Waals surface area (Å²) in [6.45, 7) is 0.394. The summed E-state index contributed by atoms with van der Waals surface area (Å²) in [7, 11) is 1.53. The monoisotopic (exact) mass is 439 g/mol. The summed E-state index contributed by atoms with van der Waals surface area (Å²) in [6.07, 6.45) is 3.37. The van der Waals surface area contributed by atoms with Gasteiger partial charge < -0.3 is 15.4 Å². The van der Waals surface area contributed by atoms with Crippen molar-refractivity contribution in [2.75, 3.05) is 12.4 Å². The minimum atomic E-state index is -0.842. The Balaban J connectivity index is 1.42. The molecule has 2 aromatic carbocycles. The van der Waals surface area contributed by atoms with Gasteiger partial charge in [0.05, 0.1) is 19.7 Å². The second kappa shape index (κ2) is 10.1. The lowest BCUT2D eigenvalue weighted by molar-refractivity contribution is 0.0945. The van der Waals surface area contributed by atoms with Crippen molar-refractivity contribution >= 4 is 11.6 Å². The van der Waals surface area contributed by atoms with E-state index >= 15 is 0 Å². The minimum absolute atomic E-state index is 0.365. The summed E-state index contributed by atoms with van der Waals surface area (Å²) in [5.74, 6) is 1.41. The maximum absolute atomic E-state index is 12.8. The first-order valence-electron chi connectivity index (χ1n) is 10.2. The van der Waals surface area contributed by atoms with E-state index in [4.69, 9.17) is 4.74 Å². The number of carbonyl (C=O) groups excluding carboxylic acids is 1. The lowest BCUT2D eigenvalue weighted by Crippen LogP contribution is -2.28. The zero-order chi connectivity index (χ0) is 23.0. The zero-order valence-corrected chi connectivity index (χ0v) is 17.8. The summed E-state index contributed by atoms with van der Waals surface area (Å²) in [5.41, 5.74) is 2.62. The minimum Gasteiger partial charge on any atom is -0.496 e. The number of H-pyrrole nitrogens is 1. The molecule has 9 heteroatoms. The van der Waals surface area contributed by atoms with Crippen LogP contribution in [0.2, 0.25) is 0 Å². The first-order chi connectivity index (χ1) is 16.2. The van der Waals surface area contributed by atoms with Crippen molar-refractivity contribution in [3.05, 3.63) is 90.0 Å². The van der Waals surface area contributed by atoms with Crippen LogP contribution in [0.3, 0.4) is 0 Å². The summed E-state index contributed by atoms with van der Waals surface area (Å²) in [6, 6.07) is 19.1. The number of carbonyl (C=O) groups is 1. The van der Waals surface area contributed by atoms with Gasteiger partial charge in [0.15, 0.2) is 5.82 Å². The average molecular weight is 439 g/mol. The highest BCUT2D eigenvalue weighted by atomic mass is 16.5. The molecule has 0 bridgehead atoms. The van der Waals surface area contributed by atoms with Crippen molar-refractivity contribution in [3.8, 4) is 23.2 Å². The molecular formula is C24H21N7O2. The Bertz CT molecular complexity index is 1280. The van der Waals surface area contributed by atoms with Crippen LogP contribution in [0.5, 0.6) is 5.75 Å². The molecule has 0 aliphatic heterocycles. The summed E-state index contributed by atoms with van der Waals surface area (Å²) < 4.78 is 5.31. The number of anilines is 1. The van der Waals surface area contributed by atoms with Crippen LogP contribution in [-0.4, -0.2) is 33.2 Å². The number of amides is 1. The molecular weight excluding hydrogens is 418 g/mol. The Morgan fingerprint density at radius 2 is 1.97 bits per heavy atom. The number of hydrogen-bond donors (Lipinski definition) is 3. The van der Waals surface area contributed by atoms with Crippen molar-refractivity contribution in [2.45, 2.75) is 12.6 Å². The van der Waals surface area contributed by atoms with E-state index in [1.54, 1.807) is 48.8 Å². The van der Waals surface area contributed by atoms with Crippen LogP contribution < -0.4 is 15.4 Å². The number of nitriles is 1. The molecule has 1 atom stereocenters. The quantitative estimate of drug-likeness (QED) is 0.383. The van der Waals surface area contributed by atoms with E-state index in [1.165, 1.54) is 7.11 Å². The third-order valence-electron chi connectivity index (χ3n) is 4.91. The smallest absolute Gasteiger partial charge is 0.252 e. The summed E-state index contributed by atoms with van der Waals surface area (Å²) in [4.78, 5) is 21.3. The maximum Gasteiger partial charge on any atom is 0.252 e. The lowest BCUT2D eigenvalue weighted by atomic mass is 10.1. The first kappa shape index (κ1) is 21.5. The fraction of sp³-hybridized carbons (Fsp3) is 0.125. The fourth-order valence-corrected chi connectivity index (χ4v) is 3.26. The topological polar surface area (TPSA) is 129 Å². The normalized spacial score (nSPS) is 11.3. The number of methoxy groups -OCH3 is 1. The molecule has 0 unspecified atom stereocenters. The van der Waals surface area contributed by atoms with E-state index in [1.807, 2.05) is 24.3 Å². The van der Waals surface area contributed by atoms with E-state index in [9.17, 15) is 10.1 Å². The second-order valence-corrected chi connectivity index (χ2v) is 7.05. The Morgan fingerprint density at radius 1 is 1.15 bits per heavy atom.